The second-order valence-electron chi connectivity index (χ2n) is 7.87. The summed E-state index contributed by atoms with van der Waals surface area (Å²) in [5.74, 6) is 0.0284. The average Bonchev–Trinajstić information content (AvgIpc) is 3.04. The molecule has 0 saturated heterocycles. The Morgan fingerprint density at radius 2 is 1.89 bits per heavy atom. The van der Waals surface area contributed by atoms with Crippen LogP contribution < -0.4 is 10.5 Å². The van der Waals surface area contributed by atoms with E-state index in [0.29, 0.717) is 13.1 Å². The van der Waals surface area contributed by atoms with Crippen molar-refractivity contribution in [3.8, 4) is 0 Å². The van der Waals surface area contributed by atoms with E-state index in [4.69, 9.17) is 5.73 Å². The Morgan fingerprint density at radius 1 is 1.21 bits per heavy atom. The molecule has 2 aromatic rings. The minimum atomic E-state index is -3.66. The Hall–Kier alpha value is -2.52. The largest absolute Gasteiger partial charge is 0.368 e. The van der Waals surface area contributed by atoms with Crippen LogP contribution in [0.1, 0.15) is 44.0 Å². The van der Waals surface area contributed by atoms with Gasteiger partial charge in [0.1, 0.15) is 0 Å². The smallest absolute Gasteiger partial charge is 0.240 e. The van der Waals surface area contributed by atoms with Crippen LogP contribution in [-0.4, -0.2) is 35.7 Å². The molecule has 1 aromatic heterocycles. The molecule has 0 bridgehead atoms. The molecule has 0 radical (unpaired) electrons. The van der Waals surface area contributed by atoms with Crippen molar-refractivity contribution in [2.75, 3.05) is 12.3 Å². The number of nitrogens with one attached hydrogen (secondary N) is 1. The Kier molecular flexibility index (Phi) is 5.40. The Morgan fingerprint density at radius 3 is 2.54 bits per heavy atom. The fourth-order valence-corrected chi connectivity index (χ4v) is 4.04. The Bertz CT molecular complexity index is 982. The number of anilines is 1. The SMILES string of the molecule is CC(C)(C)c1ccc(S(=O)(=O)NCCC(=O)N2Cc3cnc(N)nc3C2)cc1. The van der Waals surface area contributed by atoms with Crippen LogP contribution in [0.25, 0.3) is 0 Å². The molecule has 8 nitrogen and oxygen atoms in total. The van der Waals surface area contributed by atoms with E-state index in [1.807, 2.05) is 12.1 Å². The summed E-state index contributed by atoms with van der Waals surface area (Å²) in [6, 6.07) is 6.80. The van der Waals surface area contributed by atoms with E-state index in [0.717, 1.165) is 16.8 Å². The number of amides is 1. The highest BCUT2D eigenvalue weighted by molar-refractivity contribution is 7.89. The van der Waals surface area contributed by atoms with Crippen LogP contribution in [0.5, 0.6) is 0 Å². The van der Waals surface area contributed by atoms with Crippen molar-refractivity contribution in [2.24, 2.45) is 0 Å². The second kappa shape index (κ2) is 7.48. The van der Waals surface area contributed by atoms with Gasteiger partial charge in [-0.25, -0.2) is 23.1 Å². The second-order valence-corrected chi connectivity index (χ2v) is 9.64. The first kappa shape index (κ1) is 20.2. The van der Waals surface area contributed by atoms with Gasteiger partial charge in [0, 0.05) is 31.3 Å². The van der Waals surface area contributed by atoms with Crippen LogP contribution in [-0.2, 0) is 33.3 Å². The minimum Gasteiger partial charge on any atom is -0.368 e. The molecule has 1 aliphatic heterocycles. The molecule has 3 N–H and O–H groups in total. The molecule has 1 aromatic carbocycles. The van der Waals surface area contributed by atoms with Gasteiger partial charge in [-0.15, -0.1) is 0 Å². The number of nitrogen functional groups attached to an aromatic ring is 1. The summed E-state index contributed by atoms with van der Waals surface area (Å²) in [6.07, 6.45) is 1.69. The zero-order valence-corrected chi connectivity index (χ0v) is 17.1. The van der Waals surface area contributed by atoms with Crippen molar-refractivity contribution >= 4 is 21.9 Å². The van der Waals surface area contributed by atoms with E-state index in [2.05, 4.69) is 35.5 Å². The molecular formula is C19H25N5O3S. The van der Waals surface area contributed by atoms with Gasteiger partial charge in [0.15, 0.2) is 0 Å². The molecule has 3 rings (SSSR count). The molecule has 0 aliphatic carbocycles. The number of aromatic nitrogens is 2. The quantitative estimate of drug-likeness (QED) is 0.782. The summed E-state index contributed by atoms with van der Waals surface area (Å²) in [4.78, 5) is 22.3. The lowest BCUT2D eigenvalue weighted by molar-refractivity contribution is -0.131. The number of rotatable bonds is 5. The van der Waals surface area contributed by atoms with E-state index in [9.17, 15) is 13.2 Å². The minimum absolute atomic E-state index is 0.0306. The lowest BCUT2D eigenvalue weighted by atomic mass is 9.87. The van der Waals surface area contributed by atoms with E-state index in [1.165, 1.54) is 0 Å². The van der Waals surface area contributed by atoms with Gasteiger partial charge in [-0.1, -0.05) is 32.9 Å². The normalized spacial score (nSPS) is 14.2. The maximum absolute atomic E-state index is 12.4. The van der Waals surface area contributed by atoms with Gasteiger partial charge < -0.3 is 10.6 Å². The summed E-state index contributed by atoms with van der Waals surface area (Å²) in [5, 5.41) is 0. The van der Waals surface area contributed by atoms with Gasteiger partial charge in [-0.3, -0.25) is 4.79 Å². The zero-order chi connectivity index (χ0) is 20.5. The van der Waals surface area contributed by atoms with Gasteiger partial charge in [0.2, 0.25) is 21.9 Å². The van der Waals surface area contributed by atoms with Crippen molar-refractivity contribution in [2.45, 2.75) is 50.6 Å². The zero-order valence-electron chi connectivity index (χ0n) is 16.3. The average molecular weight is 404 g/mol. The predicted molar refractivity (Wildman–Crippen MR) is 106 cm³/mol. The number of carbonyl (C=O) groups is 1. The van der Waals surface area contributed by atoms with Crippen LogP contribution in [0.2, 0.25) is 0 Å². The van der Waals surface area contributed by atoms with Crippen molar-refractivity contribution < 1.29 is 13.2 Å². The maximum Gasteiger partial charge on any atom is 0.240 e. The van der Waals surface area contributed by atoms with Gasteiger partial charge in [-0.05, 0) is 23.1 Å². The number of benzene rings is 1. The fraction of sp³-hybridized carbons (Fsp3) is 0.421. The highest BCUT2D eigenvalue weighted by Crippen LogP contribution is 2.24. The molecule has 0 unspecified atom stereocenters. The van der Waals surface area contributed by atoms with Crippen molar-refractivity contribution in [1.29, 1.82) is 0 Å². The third-order valence-electron chi connectivity index (χ3n) is 4.69. The number of nitrogens with two attached hydrogens (primary N) is 1. The van der Waals surface area contributed by atoms with Crippen LogP contribution >= 0.6 is 0 Å². The lowest BCUT2D eigenvalue weighted by Crippen LogP contribution is -2.31. The number of fused-ring (bicyclic) bond motifs is 1. The topological polar surface area (TPSA) is 118 Å². The number of nitrogens with zero attached hydrogens (tertiary/aromatic N) is 3. The third kappa shape index (κ3) is 4.48. The number of carbonyl (C=O) groups excluding carboxylic acids is 1. The first-order valence-electron chi connectivity index (χ1n) is 9.04. The van der Waals surface area contributed by atoms with Crippen molar-refractivity contribution in [3.05, 3.63) is 47.3 Å². The number of hydrogen-bond acceptors (Lipinski definition) is 6. The Labute approximate surface area is 165 Å². The third-order valence-corrected chi connectivity index (χ3v) is 6.17. The van der Waals surface area contributed by atoms with Gasteiger partial charge >= 0.3 is 0 Å². The van der Waals surface area contributed by atoms with Crippen LogP contribution in [0.3, 0.4) is 0 Å². The summed E-state index contributed by atoms with van der Waals surface area (Å²) in [6.45, 7) is 7.00. The van der Waals surface area contributed by atoms with E-state index >= 15 is 0 Å². The molecule has 0 spiro atoms. The molecule has 1 amide bonds. The molecule has 150 valence electrons. The summed E-state index contributed by atoms with van der Waals surface area (Å²) in [7, 11) is -3.66. The van der Waals surface area contributed by atoms with Gasteiger partial charge in [0.25, 0.3) is 0 Å². The van der Waals surface area contributed by atoms with Crippen molar-refractivity contribution in [1.82, 2.24) is 19.6 Å². The highest BCUT2D eigenvalue weighted by atomic mass is 32.2. The summed E-state index contributed by atoms with van der Waals surface area (Å²) in [5.41, 5.74) is 8.17. The van der Waals surface area contributed by atoms with Crippen LogP contribution in [0, 0.1) is 0 Å². The van der Waals surface area contributed by atoms with Crippen LogP contribution in [0.15, 0.2) is 35.4 Å². The molecule has 9 heteroatoms. The molecule has 1 aliphatic rings. The molecule has 0 saturated carbocycles. The highest BCUT2D eigenvalue weighted by Gasteiger charge is 2.25. The van der Waals surface area contributed by atoms with Gasteiger partial charge in [-0.2, -0.15) is 0 Å². The number of hydrogen-bond donors (Lipinski definition) is 2. The first-order valence-corrected chi connectivity index (χ1v) is 10.5. The first-order chi connectivity index (χ1) is 13.1. The monoisotopic (exact) mass is 403 g/mol. The summed E-state index contributed by atoms with van der Waals surface area (Å²) >= 11 is 0. The van der Waals surface area contributed by atoms with Crippen LogP contribution in [0.4, 0.5) is 5.95 Å². The number of sulfonamides is 1. The van der Waals surface area contributed by atoms with E-state index in [-0.39, 0.29) is 35.1 Å². The maximum atomic E-state index is 12.4. The van der Waals surface area contributed by atoms with Crippen molar-refractivity contribution in [3.63, 3.8) is 0 Å². The standard InChI is InChI=1S/C19H25N5O3S/c1-19(2,3)14-4-6-15(7-5-14)28(26,27)22-9-8-17(25)24-11-13-10-21-18(20)23-16(13)12-24/h4-7,10,22H,8-9,11-12H2,1-3H3,(H2,20,21,23). The molecule has 0 atom stereocenters. The predicted octanol–water partition coefficient (Wildman–Crippen LogP) is 1.57. The Balaban J connectivity index is 1.55. The van der Waals surface area contributed by atoms with E-state index in [1.54, 1.807) is 23.2 Å². The molecule has 2 heterocycles. The van der Waals surface area contributed by atoms with E-state index < -0.39 is 10.0 Å². The molecular weight excluding hydrogens is 378 g/mol. The lowest BCUT2D eigenvalue weighted by Gasteiger charge is -2.19. The molecule has 0 fully saturated rings. The molecule has 28 heavy (non-hydrogen) atoms. The van der Waals surface area contributed by atoms with Gasteiger partial charge in [0.05, 0.1) is 17.1 Å². The fourth-order valence-electron chi connectivity index (χ4n) is 3.01. The summed E-state index contributed by atoms with van der Waals surface area (Å²) < 4.78 is 27.4.